The van der Waals surface area contributed by atoms with Gasteiger partial charge in [0.1, 0.15) is 0 Å². The van der Waals surface area contributed by atoms with E-state index in [4.69, 9.17) is 4.52 Å². The third-order valence-corrected chi connectivity index (χ3v) is 3.81. The maximum absolute atomic E-state index is 4.94. The number of rotatable bonds is 5. The normalized spacial score (nSPS) is 11.1. The van der Waals surface area contributed by atoms with Gasteiger partial charge in [0.05, 0.1) is 0 Å². The van der Waals surface area contributed by atoms with E-state index in [-0.39, 0.29) is 0 Å². The van der Waals surface area contributed by atoms with Crippen LogP contribution in [-0.4, -0.2) is 16.7 Å². The Kier molecular flexibility index (Phi) is 3.34. The van der Waals surface area contributed by atoms with Crippen LogP contribution in [0.25, 0.3) is 10.1 Å². The van der Waals surface area contributed by atoms with Crippen LogP contribution < -0.4 is 5.32 Å². The van der Waals surface area contributed by atoms with Crippen LogP contribution in [0, 0.1) is 0 Å². The quantitative estimate of drug-likeness (QED) is 0.716. The van der Waals surface area contributed by atoms with E-state index in [0.717, 1.165) is 19.5 Å². The van der Waals surface area contributed by atoms with E-state index in [2.05, 4.69) is 45.1 Å². The lowest BCUT2D eigenvalue weighted by molar-refractivity contribution is 0.375. The summed E-state index contributed by atoms with van der Waals surface area (Å²) in [7, 11) is 0. The minimum Gasteiger partial charge on any atom is -0.340 e. The molecule has 0 atom stereocenters. The molecule has 0 unspecified atom stereocenters. The molecule has 0 radical (unpaired) electrons. The molecule has 0 saturated heterocycles. The first-order chi connectivity index (χ1) is 8.93. The Hall–Kier alpha value is -1.72. The average molecular weight is 259 g/mol. The van der Waals surface area contributed by atoms with Gasteiger partial charge in [-0.25, -0.2) is 0 Å². The molecule has 0 amide bonds. The molecule has 0 bridgehead atoms. The summed E-state index contributed by atoms with van der Waals surface area (Å²) in [5.41, 5.74) is 1.35. The summed E-state index contributed by atoms with van der Waals surface area (Å²) in [6.45, 7) is 1.71. The lowest BCUT2D eigenvalue weighted by atomic mass is 10.2. The third-order valence-electron chi connectivity index (χ3n) is 2.80. The average Bonchev–Trinajstić information content (AvgIpc) is 3.04. The fourth-order valence-electron chi connectivity index (χ4n) is 1.89. The Bertz CT molecular complexity index is 618. The summed E-state index contributed by atoms with van der Waals surface area (Å²) in [5.74, 6) is 0.678. The van der Waals surface area contributed by atoms with Crippen molar-refractivity contribution in [3.8, 4) is 0 Å². The van der Waals surface area contributed by atoms with Gasteiger partial charge in [-0.1, -0.05) is 23.4 Å². The summed E-state index contributed by atoms with van der Waals surface area (Å²) < 4.78 is 6.28. The van der Waals surface area contributed by atoms with Crippen molar-refractivity contribution in [2.24, 2.45) is 0 Å². The minimum absolute atomic E-state index is 0.678. The van der Waals surface area contributed by atoms with Gasteiger partial charge in [-0.3, -0.25) is 0 Å². The molecule has 4 nitrogen and oxygen atoms in total. The van der Waals surface area contributed by atoms with Crippen LogP contribution in [0.4, 0.5) is 0 Å². The highest BCUT2D eigenvalue weighted by Gasteiger charge is 2.03. The van der Waals surface area contributed by atoms with Crippen LogP contribution in [0.5, 0.6) is 0 Å². The summed E-state index contributed by atoms with van der Waals surface area (Å²) in [4.78, 5) is 3.99. The minimum atomic E-state index is 0.678. The van der Waals surface area contributed by atoms with Crippen molar-refractivity contribution in [3.05, 3.63) is 47.4 Å². The predicted octanol–water partition coefficient (Wildman–Crippen LogP) is 2.62. The van der Waals surface area contributed by atoms with E-state index < -0.39 is 0 Å². The SMILES string of the molecule is c1ccc2c(CNCCc3ncno3)csc2c1. The number of fused-ring (bicyclic) bond motifs is 1. The fourth-order valence-corrected chi connectivity index (χ4v) is 2.86. The smallest absolute Gasteiger partial charge is 0.227 e. The molecular formula is C13H13N3OS. The zero-order valence-electron chi connectivity index (χ0n) is 9.80. The molecule has 0 aliphatic carbocycles. The van der Waals surface area contributed by atoms with Crippen molar-refractivity contribution < 1.29 is 4.52 Å². The van der Waals surface area contributed by atoms with Crippen LogP contribution in [0.3, 0.4) is 0 Å². The highest BCUT2D eigenvalue weighted by molar-refractivity contribution is 7.17. The monoisotopic (exact) mass is 259 g/mol. The number of nitrogens with zero attached hydrogens (tertiary/aromatic N) is 2. The first-order valence-electron chi connectivity index (χ1n) is 5.85. The van der Waals surface area contributed by atoms with Gasteiger partial charge in [0.25, 0.3) is 0 Å². The molecule has 2 heterocycles. The largest absolute Gasteiger partial charge is 0.340 e. The second-order valence-corrected chi connectivity index (χ2v) is 4.93. The van der Waals surface area contributed by atoms with Gasteiger partial charge in [0.2, 0.25) is 5.89 Å². The molecule has 3 rings (SSSR count). The van der Waals surface area contributed by atoms with Crippen LogP contribution in [0.15, 0.2) is 40.5 Å². The van der Waals surface area contributed by atoms with E-state index in [1.807, 2.05) is 0 Å². The summed E-state index contributed by atoms with van der Waals surface area (Å²) in [6, 6.07) is 8.48. The molecule has 2 aromatic heterocycles. The predicted molar refractivity (Wildman–Crippen MR) is 71.5 cm³/mol. The Morgan fingerprint density at radius 1 is 1.28 bits per heavy atom. The van der Waals surface area contributed by atoms with Crippen LogP contribution in [0.2, 0.25) is 0 Å². The molecule has 0 spiro atoms. The van der Waals surface area contributed by atoms with Crippen LogP contribution >= 0.6 is 11.3 Å². The maximum atomic E-state index is 4.94. The third kappa shape index (κ3) is 2.42. The number of benzene rings is 1. The van der Waals surface area contributed by atoms with Gasteiger partial charge in [0.15, 0.2) is 6.33 Å². The van der Waals surface area contributed by atoms with E-state index in [1.165, 1.54) is 22.0 Å². The summed E-state index contributed by atoms with van der Waals surface area (Å²) >= 11 is 1.79. The number of hydrogen-bond acceptors (Lipinski definition) is 5. The Morgan fingerprint density at radius 2 is 2.22 bits per heavy atom. The number of thiophene rings is 1. The molecule has 0 aliphatic rings. The first-order valence-corrected chi connectivity index (χ1v) is 6.73. The van der Waals surface area contributed by atoms with Crippen molar-refractivity contribution in [3.63, 3.8) is 0 Å². The van der Waals surface area contributed by atoms with Crippen molar-refractivity contribution in [1.82, 2.24) is 15.5 Å². The van der Waals surface area contributed by atoms with E-state index >= 15 is 0 Å². The highest BCUT2D eigenvalue weighted by Crippen LogP contribution is 2.25. The zero-order chi connectivity index (χ0) is 12.2. The number of hydrogen-bond donors (Lipinski definition) is 1. The van der Waals surface area contributed by atoms with Gasteiger partial charge < -0.3 is 9.84 Å². The van der Waals surface area contributed by atoms with Gasteiger partial charge in [0, 0.05) is 24.2 Å². The lowest BCUT2D eigenvalue weighted by Gasteiger charge is -2.01. The Labute approximate surface area is 109 Å². The summed E-state index contributed by atoms with van der Waals surface area (Å²) in [5, 5.41) is 10.5. The van der Waals surface area contributed by atoms with E-state index in [1.54, 1.807) is 11.3 Å². The molecule has 18 heavy (non-hydrogen) atoms. The van der Waals surface area contributed by atoms with Crippen LogP contribution in [0.1, 0.15) is 11.5 Å². The van der Waals surface area contributed by atoms with Gasteiger partial charge in [-0.15, -0.1) is 11.3 Å². The number of aromatic nitrogens is 2. The molecule has 3 aromatic rings. The molecule has 0 fully saturated rings. The van der Waals surface area contributed by atoms with Gasteiger partial charge >= 0.3 is 0 Å². The lowest BCUT2D eigenvalue weighted by Crippen LogP contribution is -2.16. The molecule has 92 valence electrons. The molecule has 1 aromatic carbocycles. The molecule has 0 saturated carbocycles. The zero-order valence-corrected chi connectivity index (χ0v) is 10.6. The Balaban J connectivity index is 1.57. The van der Waals surface area contributed by atoms with Crippen molar-refractivity contribution in [2.75, 3.05) is 6.54 Å². The highest BCUT2D eigenvalue weighted by atomic mass is 32.1. The second kappa shape index (κ2) is 5.29. The molecular weight excluding hydrogens is 246 g/mol. The molecule has 0 aliphatic heterocycles. The second-order valence-electron chi connectivity index (χ2n) is 4.02. The summed E-state index contributed by atoms with van der Waals surface area (Å²) in [6.07, 6.45) is 2.20. The molecule has 1 N–H and O–H groups in total. The van der Waals surface area contributed by atoms with E-state index in [9.17, 15) is 0 Å². The number of nitrogens with one attached hydrogen (secondary N) is 1. The van der Waals surface area contributed by atoms with Crippen molar-refractivity contribution >= 4 is 21.4 Å². The van der Waals surface area contributed by atoms with Crippen molar-refractivity contribution in [2.45, 2.75) is 13.0 Å². The topological polar surface area (TPSA) is 51.0 Å². The van der Waals surface area contributed by atoms with E-state index in [0.29, 0.717) is 5.89 Å². The van der Waals surface area contributed by atoms with Crippen molar-refractivity contribution in [1.29, 1.82) is 0 Å². The fraction of sp³-hybridized carbons (Fsp3) is 0.231. The molecule has 5 heteroatoms. The maximum Gasteiger partial charge on any atom is 0.227 e. The van der Waals surface area contributed by atoms with Gasteiger partial charge in [-0.05, 0) is 22.4 Å². The Morgan fingerprint density at radius 3 is 3.11 bits per heavy atom. The first kappa shape index (κ1) is 11.4. The van der Waals surface area contributed by atoms with Gasteiger partial charge in [-0.2, -0.15) is 4.98 Å². The standard InChI is InChI=1S/C13H13N3OS/c1-2-4-12-11(3-1)10(8-18-12)7-14-6-5-13-15-9-16-17-13/h1-4,8-9,14H,5-7H2. The van der Waals surface area contributed by atoms with Crippen LogP contribution in [-0.2, 0) is 13.0 Å².